The molecule has 0 amide bonds. The van der Waals surface area contributed by atoms with E-state index < -0.39 is 0 Å². The first-order valence-corrected chi connectivity index (χ1v) is 4.57. The molecule has 0 saturated carbocycles. The third kappa shape index (κ3) is 1.32. The Bertz CT molecular complexity index is 373. The van der Waals surface area contributed by atoms with Crippen molar-refractivity contribution in [2.24, 2.45) is 5.92 Å². The number of fused-ring (bicyclic) bond motifs is 1. The Balaban J connectivity index is 2.48. The average molecular weight is 175 g/mol. The second-order valence-corrected chi connectivity index (χ2v) is 3.66. The molecule has 68 valence electrons. The first kappa shape index (κ1) is 8.30. The van der Waals surface area contributed by atoms with Gasteiger partial charge in [0, 0.05) is 18.3 Å². The smallest absolute Gasteiger partial charge is 0.161 e. The van der Waals surface area contributed by atoms with Crippen molar-refractivity contribution in [3.63, 3.8) is 0 Å². The van der Waals surface area contributed by atoms with Crippen molar-refractivity contribution in [2.45, 2.75) is 20.4 Å². The van der Waals surface area contributed by atoms with Gasteiger partial charge < -0.3 is 4.57 Å². The van der Waals surface area contributed by atoms with Gasteiger partial charge in [0.2, 0.25) is 0 Å². The fourth-order valence-corrected chi connectivity index (χ4v) is 1.75. The van der Waals surface area contributed by atoms with Gasteiger partial charge in [0.15, 0.2) is 5.78 Å². The molecule has 2 heterocycles. The van der Waals surface area contributed by atoms with Crippen LogP contribution in [0.4, 0.5) is 0 Å². The zero-order valence-electron chi connectivity index (χ0n) is 7.95. The van der Waals surface area contributed by atoms with E-state index in [0.717, 1.165) is 17.8 Å². The van der Waals surface area contributed by atoms with Crippen molar-refractivity contribution in [2.75, 3.05) is 0 Å². The van der Waals surface area contributed by atoms with Gasteiger partial charge in [0.1, 0.15) is 0 Å². The minimum atomic E-state index is 0.146. The highest BCUT2D eigenvalue weighted by atomic mass is 16.1. The highest BCUT2D eigenvalue weighted by molar-refractivity contribution is 5.97. The number of hydrogen-bond acceptors (Lipinski definition) is 1. The molecule has 0 bridgehead atoms. The summed E-state index contributed by atoms with van der Waals surface area (Å²) in [5, 5.41) is 0. The number of rotatable bonds is 1. The molecule has 0 radical (unpaired) electrons. The first-order valence-electron chi connectivity index (χ1n) is 4.57. The molecule has 1 aromatic heterocycles. The van der Waals surface area contributed by atoms with Crippen LogP contribution in [0.5, 0.6) is 0 Å². The fourth-order valence-electron chi connectivity index (χ4n) is 1.75. The Kier molecular flexibility index (Phi) is 1.83. The van der Waals surface area contributed by atoms with E-state index in [1.807, 2.05) is 18.3 Å². The van der Waals surface area contributed by atoms with Crippen molar-refractivity contribution in [1.82, 2.24) is 4.57 Å². The van der Waals surface area contributed by atoms with Gasteiger partial charge >= 0.3 is 0 Å². The Morgan fingerprint density at radius 2 is 2.38 bits per heavy atom. The van der Waals surface area contributed by atoms with Crippen LogP contribution in [0.1, 0.15) is 29.9 Å². The Labute approximate surface area is 77.9 Å². The zero-order valence-corrected chi connectivity index (χ0v) is 7.95. The van der Waals surface area contributed by atoms with Crippen molar-refractivity contribution in [3.05, 3.63) is 29.6 Å². The minimum absolute atomic E-state index is 0.146. The molecule has 2 nitrogen and oxygen atoms in total. The van der Waals surface area contributed by atoms with Crippen LogP contribution in [-0.2, 0) is 6.54 Å². The van der Waals surface area contributed by atoms with Crippen molar-refractivity contribution in [1.29, 1.82) is 0 Å². The summed E-state index contributed by atoms with van der Waals surface area (Å²) in [5.74, 6) is 0.715. The largest absolute Gasteiger partial charge is 0.347 e. The number of nitrogens with zero attached hydrogens (tertiary/aromatic N) is 1. The monoisotopic (exact) mass is 175 g/mol. The molecule has 1 unspecified atom stereocenters. The van der Waals surface area contributed by atoms with Gasteiger partial charge in [-0.1, -0.05) is 13.0 Å². The molecule has 0 spiro atoms. The Morgan fingerprint density at radius 3 is 3.08 bits per heavy atom. The lowest BCUT2D eigenvalue weighted by Gasteiger charge is -2.16. The summed E-state index contributed by atoms with van der Waals surface area (Å²) in [6, 6.07) is 1.90. The van der Waals surface area contributed by atoms with Gasteiger partial charge in [0.05, 0.1) is 5.69 Å². The molecule has 2 heteroatoms. The summed E-state index contributed by atoms with van der Waals surface area (Å²) in [4.78, 5) is 11.2. The second-order valence-electron chi connectivity index (χ2n) is 3.66. The van der Waals surface area contributed by atoms with E-state index in [2.05, 4.69) is 17.6 Å². The number of carbonyl (C=O) groups is 1. The molecule has 0 aromatic carbocycles. The van der Waals surface area contributed by atoms with Gasteiger partial charge in [0.25, 0.3) is 0 Å². The summed E-state index contributed by atoms with van der Waals surface area (Å²) in [7, 11) is 0. The highest BCUT2D eigenvalue weighted by Gasteiger charge is 2.14. The number of aromatic nitrogens is 1. The molecule has 13 heavy (non-hydrogen) atoms. The molecule has 0 N–H and O–H groups in total. The number of hydrogen-bond donors (Lipinski definition) is 0. The predicted molar refractivity (Wildman–Crippen MR) is 52.6 cm³/mol. The van der Waals surface area contributed by atoms with Crippen molar-refractivity contribution in [3.8, 4) is 0 Å². The molecule has 0 aliphatic carbocycles. The standard InChI is InChI=1S/C11H13NO/c1-8-3-4-11-10(9(2)13)5-6-12(11)7-8/h3-6,8H,7H2,1-2H3. The maximum absolute atomic E-state index is 11.2. The minimum Gasteiger partial charge on any atom is -0.347 e. The van der Waals surface area contributed by atoms with Crippen molar-refractivity contribution >= 4 is 11.9 Å². The number of carbonyl (C=O) groups excluding carboxylic acids is 1. The van der Waals surface area contributed by atoms with Crippen LogP contribution in [0.3, 0.4) is 0 Å². The van der Waals surface area contributed by atoms with Crippen LogP contribution in [0, 0.1) is 5.92 Å². The van der Waals surface area contributed by atoms with E-state index in [4.69, 9.17) is 0 Å². The molecule has 0 saturated heterocycles. The summed E-state index contributed by atoms with van der Waals surface area (Å²) in [6.45, 7) is 4.77. The van der Waals surface area contributed by atoms with E-state index >= 15 is 0 Å². The van der Waals surface area contributed by atoms with Crippen LogP contribution in [0.25, 0.3) is 6.08 Å². The molecule has 1 atom stereocenters. The summed E-state index contributed by atoms with van der Waals surface area (Å²) >= 11 is 0. The highest BCUT2D eigenvalue weighted by Crippen LogP contribution is 2.21. The van der Waals surface area contributed by atoms with E-state index in [1.165, 1.54) is 0 Å². The maximum atomic E-state index is 11.2. The zero-order chi connectivity index (χ0) is 9.42. The van der Waals surface area contributed by atoms with Crippen LogP contribution in [0.2, 0.25) is 0 Å². The molecule has 1 aromatic rings. The Morgan fingerprint density at radius 1 is 1.62 bits per heavy atom. The lowest BCUT2D eigenvalue weighted by Crippen LogP contribution is -2.11. The van der Waals surface area contributed by atoms with Crippen LogP contribution >= 0.6 is 0 Å². The lowest BCUT2D eigenvalue weighted by molar-refractivity contribution is 0.101. The number of allylic oxidation sites excluding steroid dienone is 1. The van der Waals surface area contributed by atoms with Gasteiger partial charge in [-0.25, -0.2) is 0 Å². The molecule has 0 fully saturated rings. The quantitative estimate of drug-likeness (QED) is 0.600. The SMILES string of the molecule is CC(=O)c1ccn2c1C=CC(C)C2. The number of Topliss-reactive ketones (excluding diaryl/α,β-unsaturated/α-hetero) is 1. The summed E-state index contributed by atoms with van der Waals surface area (Å²) in [6.07, 6.45) is 6.19. The van der Waals surface area contributed by atoms with Gasteiger partial charge in [-0.2, -0.15) is 0 Å². The van der Waals surface area contributed by atoms with Crippen LogP contribution in [-0.4, -0.2) is 10.4 Å². The first-order chi connectivity index (χ1) is 6.18. The summed E-state index contributed by atoms with van der Waals surface area (Å²) in [5.41, 5.74) is 1.90. The van der Waals surface area contributed by atoms with Crippen LogP contribution < -0.4 is 0 Å². The van der Waals surface area contributed by atoms with E-state index in [0.29, 0.717) is 5.92 Å². The van der Waals surface area contributed by atoms with Gasteiger partial charge in [-0.05, 0) is 25.0 Å². The third-order valence-corrected chi connectivity index (χ3v) is 2.45. The third-order valence-electron chi connectivity index (χ3n) is 2.45. The molecule has 1 aliphatic heterocycles. The molecular formula is C11H13NO. The predicted octanol–water partition coefficient (Wildman–Crippen LogP) is 2.35. The molecular weight excluding hydrogens is 162 g/mol. The van der Waals surface area contributed by atoms with E-state index in [9.17, 15) is 4.79 Å². The normalized spacial score (nSPS) is 20.0. The van der Waals surface area contributed by atoms with E-state index in [-0.39, 0.29) is 5.78 Å². The lowest BCUT2D eigenvalue weighted by atomic mass is 10.1. The number of ketones is 1. The van der Waals surface area contributed by atoms with Gasteiger partial charge in [-0.3, -0.25) is 4.79 Å². The average Bonchev–Trinajstić information content (AvgIpc) is 2.46. The van der Waals surface area contributed by atoms with Crippen molar-refractivity contribution < 1.29 is 4.79 Å². The van der Waals surface area contributed by atoms with E-state index in [1.54, 1.807) is 6.92 Å². The molecule has 2 rings (SSSR count). The summed E-state index contributed by atoms with van der Waals surface area (Å²) < 4.78 is 2.14. The fraction of sp³-hybridized carbons (Fsp3) is 0.364. The molecule has 1 aliphatic rings. The topological polar surface area (TPSA) is 22.0 Å². The van der Waals surface area contributed by atoms with Gasteiger partial charge in [-0.15, -0.1) is 0 Å². The maximum Gasteiger partial charge on any atom is 0.161 e. The Hall–Kier alpha value is -1.31. The van der Waals surface area contributed by atoms with Crippen LogP contribution in [0.15, 0.2) is 18.3 Å². The second kappa shape index (κ2) is 2.87.